The first-order valence-electron chi connectivity index (χ1n) is 18.8. The van der Waals surface area contributed by atoms with Gasteiger partial charge in [-0.25, -0.2) is 22.7 Å². The minimum atomic E-state index is -0.803. The Morgan fingerprint density at radius 2 is 1.71 bits per heavy atom. The van der Waals surface area contributed by atoms with Crippen LogP contribution in [0.1, 0.15) is 83.5 Å². The molecule has 3 heterocycles. The molecule has 3 N–H and O–H groups in total. The minimum absolute atomic E-state index is 0.0147. The van der Waals surface area contributed by atoms with Gasteiger partial charge in [0.05, 0.1) is 22.2 Å². The topological polar surface area (TPSA) is 147 Å². The van der Waals surface area contributed by atoms with Crippen molar-refractivity contribution in [3.63, 3.8) is 0 Å². The molecule has 58 heavy (non-hydrogen) atoms. The molecule has 318 valence electrons. The van der Waals surface area contributed by atoms with E-state index in [1.54, 1.807) is 83.8 Å². The molecule has 17 heteroatoms. The molecule has 1 unspecified atom stereocenters. The number of rotatable bonds is 12. The van der Waals surface area contributed by atoms with Gasteiger partial charge in [0.2, 0.25) is 5.91 Å². The number of aliphatic hydroxyl groups is 1. The fraction of sp³-hybridized carbons (Fsp3) is 0.512. The number of carbonyl (C=O) groups excluding carboxylic acids is 4. The van der Waals surface area contributed by atoms with Crippen molar-refractivity contribution in [3.8, 4) is 16.2 Å². The molecule has 2 aromatic carbocycles. The maximum atomic E-state index is 16.2. The number of hydrogen-bond donors (Lipinski definition) is 3. The van der Waals surface area contributed by atoms with Crippen LogP contribution in [0.15, 0.2) is 36.4 Å². The van der Waals surface area contributed by atoms with Crippen LogP contribution in [0.5, 0.6) is 5.75 Å². The van der Waals surface area contributed by atoms with Crippen molar-refractivity contribution < 1.29 is 47.3 Å². The number of aldehydes is 1. The Morgan fingerprint density at radius 1 is 1.03 bits per heavy atom. The Kier molecular flexibility index (Phi) is 15.6. The summed E-state index contributed by atoms with van der Waals surface area (Å²) in [6.45, 7) is 15.5. The number of piperidine rings is 1. The highest BCUT2D eigenvalue weighted by atomic mass is 35.5. The summed E-state index contributed by atoms with van der Waals surface area (Å²) in [6.07, 6.45) is 1.44. The Bertz CT molecular complexity index is 1960. The molecule has 5 rings (SSSR count). The highest BCUT2D eigenvalue weighted by Crippen LogP contribution is 2.48. The zero-order valence-corrected chi connectivity index (χ0v) is 36.7. The van der Waals surface area contributed by atoms with Crippen molar-refractivity contribution in [3.05, 3.63) is 63.5 Å². The summed E-state index contributed by atoms with van der Waals surface area (Å²) in [5.74, 6) is -2.09. The normalized spacial score (nSPS) is 17.0. The SMILES string of the molecule is CC(C)(C)OC(=O)c1sc(-c2cccc(NC3CCN(SCc4ccc(F)c(NC(=O)C5CN(C(=O)OC(C)(C)C)C5)c4)C(C)(C)C3)c2F)c(Cl)c1OCC=O.CO. The quantitative estimate of drug-likeness (QED) is 0.0912. The van der Waals surface area contributed by atoms with Crippen LogP contribution in [0.3, 0.4) is 0 Å². The summed E-state index contributed by atoms with van der Waals surface area (Å²) in [4.78, 5) is 51.0. The van der Waals surface area contributed by atoms with E-state index in [9.17, 15) is 23.6 Å². The molecule has 2 aliphatic heterocycles. The third-order valence-electron chi connectivity index (χ3n) is 8.97. The predicted molar refractivity (Wildman–Crippen MR) is 225 cm³/mol. The number of anilines is 2. The first-order chi connectivity index (χ1) is 27.2. The summed E-state index contributed by atoms with van der Waals surface area (Å²) < 4.78 is 49.6. The fourth-order valence-corrected chi connectivity index (χ4v) is 8.92. The van der Waals surface area contributed by atoms with Crippen molar-refractivity contribution in [1.82, 2.24) is 9.21 Å². The molecule has 2 fully saturated rings. The van der Waals surface area contributed by atoms with E-state index < -0.39 is 40.8 Å². The molecule has 0 radical (unpaired) electrons. The van der Waals surface area contributed by atoms with Crippen LogP contribution < -0.4 is 15.4 Å². The lowest BCUT2D eigenvalue weighted by Gasteiger charge is -2.45. The van der Waals surface area contributed by atoms with Gasteiger partial charge in [0.1, 0.15) is 28.6 Å². The number of ether oxygens (including phenoxy) is 3. The van der Waals surface area contributed by atoms with Crippen molar-refractivity contribution >= 4 is 70.5 Å². The molecule has 0 aliphatic carbocycles. The van der Waals surface area contributed by atoms with Crippen LogP contribution in [-0.4, -0.2) is 94.7 Å². The van der Waals surface area contributed by atoms with E-state index in [1.165, 1.54) is 11.0 Å². The first kappa shape index (κ1) is 46.7. The van der Waals surface area contributed by atoms with Gasteiger partial charge in [0.25, 0.3) is 0 Å². The number of benzene rings is 2. The first-order valence-corrected chi connectivity index (χ1v) is 20.9. The van der Waals surface area contributed by atoms with E-state index in [1.807, 2.05) is 0 Å². The van der Waals surface area contributed by atoms with Gasteiger partial charge in [-0.15, -0.1) is 11.3 Å². The van der Waals surface area contributed by atoms with Crippen LogP contribution in [0, 0.1) is 17.6 Å². The van der Waals surface area contributed by atoms with E-state index >= 15 is 4.39 Å². The van der Waals surface area contributed by atoms with E-state index in [2.05, 4.69) is 28.8 Å². The second-order valence-electron chi connectivity index (χ2n) is 16.5. The maximum absolute atomic E-state index is 16.2. The van der Waals surface area contributed by atoms with Crippen LogP contribution in [0.4, 0.5) is 25.0 Å². The van der Waals surface area contributed by atoms with Gasteiger partial charge in [-0.05, 0) is 92.0 Å². The van der Waals surface area contributed by atoms with E-state index in [4.69, 9.17) is 30.9 Å². The number of nitrogens with one attached hydrogen (secondary N) is 2. The van der Waals surface area contributed by atoms with E-state index in [0.29, 0.717) is 31.4 Å². The van der Waals surface area contributed by atoms with Gasteiger partial charge in [-0.3, -0.25) is 9.59 Å². The molecule has 2 saturated heterocycles. The predicted octanol–water partition coefficient (Wildman–Crippen LogP) is 8.80. The van der Waals surface area contributed by atoms with Crippen molar-refractivity contribution in [2.24, 2.45) is 5.92 Å². The number of amides is 2. The standard InChI is InChI=1S/C40H49ClF2N4O7S2.CH4O/c1-38(2,3)53-36(50)34-32(52-17-16-48)30(41)33(56-34)26-10-9-11-28(31(26)43)44-25-14-15-47(40(7,8)19-25)55-22-23-12-13-27(42)29(18-23)45-35(49)24-20-46(21-24)37(51)54-39(4,5)6;1-2/h9-13,16,18,24-25,44H,14-15,17,19-22H2,1-8H3,(H,45,49);2H,1H3. The Balaban J connectivity index is 0.00000366. The molecule has 0 bridgehead atoms. The second-order valence-corrected chi connectivity index (χ2v) is 18.8. The Morgan fingerprint density at radius 3 is 2.33 bits per heavy atom. The Hall–Kier alpha value is -3.96. The highest BCUT2D eigenvalue weighted by Gasteiger charge is 2.39. The largest absolute Gasteiger partial charge is 0.483 e. The summed E-state index contributed by atoms with van der Waals surface area (Å²) in [6, 6.07) is 9.52. The van der Waals surface area contributed by atoms with Gasteiger partial charge in [0.15, 0.2) is 22.7 Å². The summed E-state index contributed by atoms with van der Waals surface area (Å²) >= 11 is 9.20. The van der Waals surface area contributed by atoms with Crippen molar-refractivity contribution in [2.45, 2.75) is 96.8 Å². The molecule has 1 atom stereocenters. The molecular weight excluding hydrogens is 814 g/mol. The van der Waals surface area contributed by atoms with Crippen LogP contribution >= 0.6 is 34.9 Å². The summed E-state index contributed by atoms with van der Waals surface area (Å²) in [5.41, 5.74) is -0.377. The molecule has 2 amide bonds. The Labute approximate surface area is 352 Å². The number of carbonyl (C=O) groups is 4. The van der Waals surface area contributed by atoms with Crippen molar-refractivity contribution in [2.75, 3.05) is 44.0 Å². The number of halogens is 3. The number of aliphatic hydroxyl groups excluding tert-OH is 1. The summed E-state index contributed by atoms with van der Waals surface area (Å²) in [7, 11) is 1.00. The zero-order chi connectivity index (χ0) is 43.2. The number of thiophene rings is 1. The number of esters is 1. The monoisotopic (exact) mass is 866 g/mol. The molecular formula is C41H53ClF2N4O8S2. The molecule has 0 spiro atoms. The second kappa shape index (κ2) is 19.4. The zero-order valence-electron chi connectivity index (χ0n) is 34.3. The number of nitrogens with zero attached hydrogens (tertiary/aromatic N) is 2. The lowest BCUT2D eigenvalue weighted by atomic mass is 9.89. The van der Waals surface area contributed by atoms with Crippen molar-refractivity contribution in [1.29, 1.82) is 0 Å². The number of hydrogen-bond acceptors (Lipinski definition) is 12. The molecule has 12 nitrogen and oxygen atoms in total. The molecule has 1 aromatic heterocycles. The third kappa shape index (κ3) is 12.1. The minimum Gasteiger partial charge on any atom is -0.483 e. The van der Waals surface area contributed by atoms with Gasteiger partial charge in [-0.1, -0.05) is 41.7 Å². The molecule has 2 aliphatic rings. The fourth-order valence-electron chi connectivity index (χ4n) is 6.32. The van der Waals surface area contributed by atoms with Gasteiger partial charge in [-0.2, -0.15) is 0 Å². The smallest absolute Gasteiger partial charge is 0.410 e. The average molecular weight is 867 g/mol. The van der Waals surface area contributed by atoms with E-state index in [-0.39, 0.29) is 74.6 Å². The third-order valence-corrected chi connectivity index (χ3v) is 12.1. The van der Waals surface area contributed by atoms with Gasteiger partial charge in [0, 0.05) is 49.6 Å². The van der Waals surface area contributed by atoms with Gasteiger partial charge >= 0.3 is 12.1 Å². The average Bonchev–Trinajstić information content (AvgIpc) is 3.43. The lowest BCUT2D eigenvalue weighted by molar-refractivity contribution is -0.124. The van der Waals surface area contributed by atoms with Crippen LogP contribution in [-0.2, 0) is 24.8 Å². The van der Waals surface area contributed by atoms with Crippen LogP contribution in [0.25, 0.3) is 10.4 Å². The summed E-state index contributed by atoms with van der Waals surface area (Å²) in [5, 5.41) is 13.1. The van der Waals surface area contributed by atoms with Gasteiger partial charge < -0.3 is 34.9 Å². The highest BCUT2D eigenvalue weighted by molar-refractivity contribution is 7.96. The lowest BCUT2D eigenvalue weighted by Crippen LogP contribution is -2.55. The molecule has 3 aromatic rings. The number of likely N-dealkylation sites (tertiary alicyclic amines) is 1. The molecule has 0 saturated carbocycles. The van der Waals surface area contributed by atoms with Crippen LogP contribution in [0.2, 0.25) is 5.02 Å². The van der Waals surface area contributed by atoms with E-state index in [0.717, 1.165) is 24.0 Å². The maximum Gasteiger partial charge on any atom is 0.410 e.